The molecule has 2 fully saturated rings. The summed E-state index contributed by atoms with van der Waals surface area (Å²) in [6.45, 7) is -0.747. The number of likely N-dealkylation sites (tertiary alicyclic amines) is 1. The van der Waals surface area contributed by atoms with Crippen molar-refractivity contribution in [3.63, 3.8) is 0 Å². The van der Waals surface area contributed by atoms with Crippen LogP contribution in [-0.4, -0.2) is 73.5 Å². The zero-order chi connectivity index (χ0) is 29.3. The van der Waals surface area contributed by atoms with Crippen molar-refractivity contribution in [2.45, 2.75) is 29.3 Å². The number of nitrogens with zero attached hydrogens (tertiary/aromatic N) is 2. The lowest BCUT2D eigenvalue weighted by Gasteiger charge is -2.61. The number of carboxylic acid groups (broad SMARTS) is 1. The second-order valence-electron chi connectivity index (χ2n) is 10.2. The molecule has 16 heteroatoms. The van der Waals surface area contributed by atoms with E-state index in [0.717, 1.165) is 27.6 Å². The molecule has 40 heavy (non-hydrogen) atoms. The van der Waals surface area contributed by atoms with Crippen molar-refractivity contribution in [2.75, 3.05) is 25.9 Å². The van der Waals surface area contributed by atoms with Gasteiger partial charge in [0.05, 0.1) is 16.0 Å². The van der Waals surface area contributed by atoms with Gasteiger partial charge < -0.3 is 14.4 Å². The number of benzene rings is 2. The average molecular weight is 604 g/mol. The number of aromatic nitrogens is 1. The van der Waals surface area contributed by atoms with Crippen molar-refractivity contribution in [2.24, 2.45) is 11.3 Å². The summed E-state index contributed by atoms with van der Waals surface area (Å²) in [7, 11) is -8.66. The van der Waals surface area contributed by atoms with E-state index in [4.69, 9.17) is 4.42 Å². The standard InChI is InChI=1S/C24H24F3N3O8S2/c1-39(34,35)20-23(13-30(20)40(36,37)16-6-7-18-19(11-16)38-21(31)28-18)8-9-29(22(32)33)12-15(23)10-14-4-2-3-5-17(14)24(25,26)27/h2-7,11,15,20H,8-10,12-13H2,1H3,(H,28,31)(H,32,33). The summed E-state index contributed by atoms with van der Waals surface area (Å²) in [5.74, 6) is -1.76. The Morgan fingerprint density at radius 3 is 2.52 bits per heavy atom. The maximum atomic E-state index is 13.8. The molecule has 0 aliphatic carbocycles. The number of halogens is 3. The highest BCUT2D eigenvalue weighted by Crippen LogP contribution is 2.54. The van der Waals surface area contributed by atoms with E-state index in [0.29, 0.717) is 0 Å². The molecule has 2 saturated heterocycles. The van der Waals surface area contributed by atoms with Crippen LogP contribution >= 0.6 is 0 Å². The smallest absolute Gasteiger partial charge is 0.417 e. The van der Waals surface area contributed by atoms with Gasteiger partial charge in [0.15, 0.2) is 15.4 Å². The van der Waals surface area contributed by atoms with Crippen LogP contribution in [0, 0.1) is 11.3 Å². The third-order valence-corrected chi connectivity index (χ3v) is 11.2. The Balaban J connectivity index is 1.57. The fourth-order valence-corrected chi connectivity index (χ4v) is 10.2. The van der Waals surface area contributed by atoms with Gasteiger partial charge >= 0.3 is 18.0 Å². The quantitative estimate of drug-likeness (QED) is 0.451. The predicted octanol–water partition coefficient (Wildman–Crippen LogP) is 2.74. The number of amides is 1. The lowest BCUT2D eigenvalue weighted by molar-refractivity contribution is -0.138. The topological polar surface area (TPSA) is 158 Å². The Morgan fingerprint density at radius 2 is 1.88 bits per heavy atom. The fourth-order valence-electron chi connectivity index (χ4n) is 6.00. The summed E-state index contributed by atoms with van der Waals surface area (Å²) >= 11 is 0. The molecule has 0 bridgehead atoms. The molecule has 3 heterocycles. The lowest BCUT2D eigenvalue weighted by Crippen LogP contribution is -2.74. The van der Waals surface area contributed by atoms with E-state index in [9.17, 15) is 44.7 Å². The van der Waals surface area contributed by atoms with Crippen LogP contribution in [0.5, 0.6) is 0 Å². The van der Waals surface area contributed by atoms with Crippen LogP contribution in [0.15, 0.2) is 56.6 Å². The Morgan fingerprint density at radius 1 is 1.18 bits per heavy atom. The summed E-state index contributed by atoms with van der Waals surface area (Å²) in [6.07, 6.45) is -5.57. The molecule has 2 aliphatic heterocycles. The number of alkyl halides is 3. The van der Waals surface area contributed by atoms with Crippen LogP contribution < -0.4 is 5.76 Å². The van der Waals surface area contributed by atoms with Gasteiger partial charge in [-0.2, -0.15) is 17.5 Å². The summed E-state index contributed by atoms with van der Waals surface area (Å²) in [4.78, 5) is 26.3. The number of fused-ring (bicyclic) bond motifs is 1. The van der Waals surface area contributed by atoms with Gasteiger partial charge in [0, 0.05) is 37.4 Å². The minimum absolute atomic E-state index is 0.0615. The molecular weight excluding hydrogens is 579 g/mol. The molecule has 216 valence electrons. The van der Waals surface area contributed by atoms with Crippen LogP contribution in [0.2, 0.25) is 0 Å². The first-order valence-corrected chi connectivity index (χ1v) is 15.4. The van der Waals surface area contributed by atoms with Gasteiger partial charge in [-0.25, -0.2) is 26.4 Å². The molecule has 3 aromatic rings. The maximum absolute atomic E-state index is 13.8. The van der Waals surface area contributed by atoms with Gasteiger partial charge in [-0.05, 0) is 42.5 Å². The van der Waals surface area contributed by atoms with Crippen LogP contribution in [-0.2, 0) is 32.5 Å². The van der Waals surface area contributed by atoms with E-state index in [1.165, 1.54) is 30.3 Å². The molecular formula is C24H24F3N3O8S2. The summed E-state index contributed by atoms with van der Waals surface area (Å²) < 4.78 is 101. The molecule has 3 atom stereocenters. The fraction of sp³-hybridized carbons (Fsp3) is 0.417. The van der Waals surface area contributed by atoms with E-state index in [-0.39, 0.29) is 54.0 Å². The van der Waals surface area contributed by atoms with Gasteiger partial charge in [0.25, 0.3) is 0 Å². The Bertz CT molecular complexity index is 1770. The zero-order valence-corrected chi connectivity index (χ0v) is 22.5. The van der Waals surface area contributed by atoms with E-state index in [1.807, 2.05) is 0 Å². The van der Waals surface area contributed by atoms with Gasteiger partial charge in [-0.3, -0.25) is 4.98 Å². The maximum Gasteiger partial charge on any atom is 0.417 e. The number of oxazole rings is 1. The van der Waals surface area contributed by atoms with Gasteiger partial charge in [0.1, 0.15) is 5.37 Å². The normalized spacial score (nSPS) is 24.4. The number of piperidine rings is 1. The largest absolute Gasteiger partial charge is 0.465 e. The van der Waals surface area contributed by atoms with Crippen molar-refractivity contribution >= 4 is 37.1 Å². The number of sulfone groups is 1. The van der Waals surface area contributed by atoms with Crippen molar-refractivity contribution in [1.29, 1.82) is 0 Å². The molecule has 5 rings (SSSR count). The van der Waals surface area contributed by atoms with Gasteiger partial charge in [-0.15, -0.1) is 0 Å². The van der Waals surface area contributed by atoms with Crippen LogP contribution in [0.4, 0.5) is 18.0 Å². The molecule has 0 radical (unpaired) electrons. The van der Waals surface area contributed by atoms with E-state index in [2.05, 4.69) is 4.98 Å². The Kier molecular flexibility index (Phi) is 6.58. The van der Waals surface area contributed by atoms with Gasteiger partial charge in [-0.1, -0.05) is 18.2 Å². The van der Waals surface area contributed by atoms with Crippen LogP contribution in [0.25, 0.3) is 11.1 Å². The van der Waals surface area contributed by atoms with Crippen molar-refractivity contribution in [1.82, 2.24) is 14.2 Å². The highest BCUT2D eigenvalue weighted by molar-refractivity contribution is 7.94. The molecule has 11 nitrogen and oxygen atoms in total. The lowest BCUT2D eigenvalue weighted by atomic mass is 9.63. The molecule has 1 amide bonds. The SMILES string of the molecule is CS(=O)(=O)C1N(S(=O)(=O)c2ccc3[nH]c(=O)oc3c2)CC12CCN(C(=O)O)CC2Cc1ccccc1C(F)(F)F. The molecule has 2 aromatic carbocycles. The molecule has 0 saturated carbocycles. The Hall–Kier alpha value is -3.37. The van der Waals surface area contributed by atoms with Crippen LogP contribution in [0.3, 0.4) is 0 Å². The molecule has 1 aromatic heterocycles. The van der Waals surface area contributed by atoms with Gasteiger partial charge in [0.2, 0.25) is 10.0 Å². The number of sulfonamides is 1. The van der Waals surface area contributed by atoms with E-state index >= 15 is 0 Å². The number of carbonyl (C=O) groups is 1. The van der Waals surface area contributed by atoms with E-state index in [1.54, 1.807) is 0 Å². The van der Waals surface area contributed by atoms with E-state index < -0.39 is 60.2 Å². The number of aromatic amines is 1. The first-order valence-electron chi connectivity index (χ1n) is 12.0. The zero-order valence-electron chi connectivity index (χ0n) is 20.9. The number of rotatable bonds is 5. The third-order valence-electron chi connectivity index (χ3n) is 7.77. The first kappa shape index (κ1) is 28.2. The molecule has 3 unspecified atom stereocenters. The average Bonchev–Trinajstić information content (AvgIpc) is 3.20. The van der Waals surface area contributed by atoms with Crippen LogP contribution in [0.1, 0.15) is 17.5 Å². The number of hydrogen-bond donors (Lipinski definition) is 2. The third kappa shape index (κ3) is 4.66. The Labute approximate surface area is 226 Å². The van der Waals surface area contributed by atoms with Crippen molar-refractivity contribution in [3.8, 4) is 0 Å². The number of H-pyrrole nitrogens is 1. The predicted molar refractivity (Wildman–Crippen MR) is 135 cm³/mol. The summed E-state index contributed by atoms with van der Waals surface area (Å²) in [5.41, 5.74) is -2.26. The number of nitrogens with one attached hydrogen (secondary N) is 1. The van der Waals surface area contributed by atoms with Crippen molar-refractivity contribution < 1.29 is 44.3 Å². The minimum atomic E-state index is -4.71. The second kappa shape index (κ2) is 9.34. The summed E-state index contributed by atoms with van der Waals surface area (Å²) in [6, 6.07) is 8.30. The highest BCUT2D eigenvalue weighted by atomic mass is 32.2. The summed E-state index contributed by atoms with van der Waals surface area (Å²) in [5, 5.41) is 7.94. The molecule has 2 N–H and O–H groups in total. The molecule has 1 spiro atoms. The monoisotopic (exact) mass is 603 g/mol. The minimum Gasteiger partial charge on any atom is -0.465 e. The second-order valence-corrected chi connectivity index (χ2v) is 14.2. The first-order chi connectivity index (χ1) is 18.5. The highest BCUT2D eigenvalue weighted by Gasteiger charge is 2.66. The number of hydrogen-bond acceptors (Lipinski definition) is 7. The van der Waals surface area contributed by atoms with Crippen molar-refractivity contribution in [3.05, 3.63) is 64.1 Å². The molecule has 2 aliphatic rings.